The lowest BCUT2D eigenvalue weighted by molar-refractivity contribution is -0.134. The third-order valence-electron chi connectivity index (χ3n) is 5.17. The van der Waals surface area contributed by atoms with Crippen LogP contribution in [-0.4, -0.2) is 64.3 Å². The highest BCUT2D eigenvalue weighted by atomic mass is 16.5. The Hall–Kier alpha value is -3.39. The van der Waals surface area contributed by atoms with Crippen LogP contribution in [0.2, 0.25) is 0 Å². The molecule has 0 bridgehead atoms. The zero-order chi connectivity index (χ0) is 24.2. The van der Waals surface area contributed by atoms with E-state index in [4.69, 9.17) is 14.9 Å². The maximum Gasteiger partial charge on any atom is 0.328 e. The second-order valence-electron chi connectivity index (χ2n) is 8.11. The van der Waals surface area contributed by atoms with E-state index in [0.29, 0.717) is 18.2 Å². The lowest BCUT2D eigenvalue weighted by Crippen LogP contribution is -2.43. The van der Waals surface area contributed by atoms with Gasteiger partial charge in [-0.05, 0) is 44.4 Å². The molecule has 0 spiro atoms. The number of benzene rings is 1. The zero-order valence-corrected chi connectivity index (χ0v) is 19.4. The van der Waals surface area contributed by atoms with Crippen molar-refractivity contribution < 1.29 is 24.5 Å². The van der Waals surface area contributed by atoms with E-state index < -0.39 is 11.9 Å². The highest BCUT2D eigenvalue weighted by Crippen LogP contribution is 2.29. The SMILES string of the molecule is CC(C)Oc1cccnc1N(C)C1CCN(Cc2ccccc2)CC1.O=C(O)/C=C\C(=O)O. The molecule has 0 amide bonds. The van der Waals surface area contributed by atoms with E-state index in [-0.39, 0.29) is 6.10 Å². The normalized spacial score (nSPS) is 14.5. The number of hydrogen-bond acceptors (Lipinski definition) is 6. The largest absolute Gasteiger partial charge is 0.487 e. The first kappa shape index (κ1) is 25.9. The molecule has 0 unspecified atom stereocenters. The van der Waals surface area contributed by atoms with E-state index >= 15 is 0 Å². The van der Waals surface area contributed by atoms with Crippen LogP contribution in [0.4, 0.5) is 5.82 Å². The minimum atomic E-state index is -1.26. The van der Waals surface area contributed by atoms with Gasteiger partial charge in [0.1, 0.15) is 0 Å². The number of anilines is 1. The molecule has 1 aromatic carbocycles. The van der Waals surface area contributed by atoms with Crippen LogP contribution in [0.1, 0.15) is 32.3 Å². The second-order valence-corrected chi connectivity index (χ2v) is 8.11. The topological polar surface area (TPSA) is 103 Å². The van der Waals surface area contributed by atoms with Crippen LogP contribution in [0.3, 0.4) is 0 Å². The van der Waals surface area contributed by atoms with E-state index in [1.165, 1.54) is 5.56 Å². The number of nitrogens with zero attached hydrogens (tertiary/aromatic N) is 3. The summed E-state index contributed by atoms with van der Waals surface area (Å²) in [6, 6.07) is 15.2. The maximum absolute atomic E-state index is 9.55. The summed E-state index contributed by atoms with van der Waals surface area (Å²) in [6.45, 7) is 7.40. The molecular weight excluding hydrogens is 422 g/mol. The maximum atomic E-state index is 9.55. The molecule has 8 heteroatoms. The minimum Gasteiger partial charge on any atom is -0.487 e. The molecule has 2 aromatic rings. The van der Waals surface area contributed by atoms with Gasteiger partial charge >= 0.3 is 11.9 Å². The molecule has 3 rings (SSSR count). The first-order valence-electron chi connectivity index (χ1n) is 11.0. The van der Waals surface area contributed by atoms with Gasteiger partial charge in [-0.15, -0.1) is 0 Å². The number of rotatable bonds is 8. The van der Waals surface area contributed by atoms with Gasteiger partial charge in [-0.1, -0.05) is 30.3 Å². The fourth-order valence-corrected chi connectivity index (χ4v) is 3.61. The molecule has 0 saturated carbocycles. The Morgan fingerprint density at radius 1 is 1.09 bits per heavy atom. The molecule has 1 saturated heterocycles. The Labute approximate surface area is 195 Å². The number of aliphatic carboxylic acids is 2. The number of carboxylic acid groups (broad SMARTS) is 2. The van der Waals surface area contributed by atoms with Crippen molar-refractivity contribution in [2.24, 2.45) is 0 Å². The third kappa shape index (κ3) is 9.33. The van der Waals surface area contributed by atoms with Gasteiger partial charge in [0.05, 0.1) is 6.10 Å². The number of ether oxygens (including phenoxy) is 1. The van der Waals surface area contributed by atoms with Gasteiger partial charge < -0.3 is 19.8 Å². The van der Waals surface area contributed by atoms with Crippen molar-refractivity contribution in [1.82, 2.24) is 9.88 Å². The molecule has 33 heavy (non-hydrogen) atoms. The highest BCUT2D eigenvalue weighted by molar-refractivity contribution is 5.89. The zero-order valence-electron chi connectivity index (χ0n) is 19.4. The smallest absolute Gasteiger partial charge is 0.328 e. The average molecular weight is 456 g/mol. The summed E-state index contributed by atoms with van der Waals surface area (Å²) in [5.74, 6) is -0.677. The first-order chi connectivity index (χ1) is 15.8. The van der Waals surface area contributed by atoms with Crippen molar-refractivity contribution >= 4 is 17.8 Å². The van der Waals surface area contributed by atoms with Gasteiger partial charge in [-0.3, -0.25) is 4.90 Å². The molecule has 2 heterocycles. The predicted octanol–water partition coefficient (Wildman–Crippen LogP) is 3.68. The van der Waals surface area contributed by atoms with Crippen LogP contribution in [-0.2, 0) is 16.1 Å². The number of carbonyl (C=O) groups is 2. The molecule has 0 radical (unpaired) electrons. The Morgan fingerprint density at radius 2 is 1.70 bits per heavy atom. The number of pyridine rings is 1. The summed E-state index contributed by atoms with van der Waals surface area (Å²) in [6.07, 6.45) is 5.43. The van der Waals surface area contributed by atoms with Crippen molar-refractivity contribution in [2.75, 3.05) is 25.0 Å². The molecule has 8 nitrogen and oxygen atoms in total. The number of hydrogen-bond donors (Lipinski definition) is 2. The summed E-state index contributed by atoms with van der Waals surface area (Å²) >= 11 is 0. The Morgan fingerprint density at radius 3 is 2.24 bits per heavy atom. The van der Waals surface area contributed by atoms with Gasteiger partial charge in [0.25, 0.3) is 0 Å². The van der Waals surface area contributed by atoms with Gasteiger partial charge in [-0.2, -0.15) is 0 Å². The van der Waals surface area contributed by atoms with E-state index in [9.17, 15) is 9.59 Å². The summed E-state index contributed by atoms with van der Waals surface area (Å²) in [7, 11) is 2.15. The van der Waals surface area contributed by atoms with Crippen LogP contribution in [0.15, 0.2) is 60.8 Å². The van der Waals surface area contributed by atoms with Crippen LogP contribution >= 0.6 is 0 Å². The lowest BCUT2D eigenvalue weighted by Gasteiger charge is -2.37. The van der Waals surface area contributed by atoms with E-state index in [1.807, 2.05) is 18.3 Å². The lowest BCUT2D eigenvalue weighted by atomic mass is 10.0. The molecule has 1 aromatic heterocycles. The summed E-state index contributed by atoms with van der Waals surface area (Å²) < 4.78 is 5.94. The van der Waals surface area contributed by atoms with E-state index in [2.05, 4.69) is 66.0 Å². The summed E-state index contributed by atoms with van der Waals surface area (Å²) in [4.78, 5) is 28.5. The molecule has 1 aliphatic heterocycles. The van der Waals surface area contributed by atoms with Gasteiger partial charge in [0.2, 0.25) is 0 Å². The molecule has 1 aliphatic rings. The fourth-order valence-electron chi connectivity index (χ4n) is 3.61. The monoisotopic (exact) mass is 455 g/mol. The highest BCUT2D eigenvalue weighted by Gasteiger charge is 2.25. The molecule has 1 fully saturated rings. The van der Waals surface area contributed by atoms with Gasteiger partial charge in [-0.25, -0.2) is 14.6 Å². The summed E-state index contributed by atoms with van der Waals surface area (Å²) in [5, 5.41) is 15.6. The van der Waals surface area contributed by atoms with E-state index in [0.717, 1.165) is 44.0 Å². The van der Waals surface area contributed by atoms with Gasteiger partial charge in [0, 0.05) is 51.1 Å². The standard InChI is InChI=1S/C21H29N3O.C4H4O4/c1-17(2)25-20-10-7-13-22-21(20)23(3)19-11-14-24(15-12-19)16-18-8-5-4-6-9-18;5-3(6)1-2-4(7)8/h4-10,13,17,19H,11-12,14-16H2,1-3H3;1-2H,(H,5,6)(H,7,8)/b;2-1-. The molecule has 178 valence electrons. The van der Waals surface area contributed by atoms with E-state index in [1.54, 1.807) is 0 Å². The average Bonchev–Trinajstić information content (AvgIpc) is 2.79. The van der Waals surface area contributed by atoms with Gasteiger partial charge in [0.15, 0.2) is 11.6 Å². The van der Waals surface area contributed by atoms with Crippen molar-refractivity contribution in [3.8, 4) is 5.75 Å². The Kier molecular flexibility index (Phi) is 10.4. The number of aromatic nitrogens is 1. The molecule has 0 atom stereocenters. The quantitative estimate of drug-likeness (QED) is 0.581. The van der Waals surface area contributed by atoms with Crippen molar-refractivity contribution in [3.05, 3.63) is 66.4 Å². The Bertz CT molecular complexity index is 893. The number of likely N-dealkylation sites (tertiary alicyclic amines) is 1. The van der Waals surface area contributed by atoms with Crippen LogP contribution in [0.5, 0.6) is 5.75 Å². The first-order valence-corrected chi connectivity index (χ1v) is 11.0. The molecule has 2 N–H and O–H groups in total. The number of carboxylic acids is 2. The number of piperidine rings is 1. The van der Waals surface area contributed by atoms with Crippen LogP contribution < -0.4 is 9.64 Å². The van der Waals surface area contributed by atoms with Crippen molar-refractivity contribution in [2.45, 2.75) is 45.4 Å². The molecular formula is C25H33N3O5. The predicted molar refractivity (Wildman–Crippen MR) is 128 cm³/mol. The second kappa shape index (κ2) is 13.2. The summed E-state index contributed by atoms with van der Waals surface area (Å²) in [5.41, 5.74) is 1.40. The van der Waals surface area contributed by atoms with Crippen LogP contribution in [0, 0.1) is 0 Å². The molecule has 0 aliphatic carbocycles. The fraction of sp³-hybridized carbons (Fsp3) is 0.400. The Balaban J connectivity index is 0.000000414. The van der Waals surface area contributed by atoms with Crippen molar-refractivity contribution in [3.63, 3.8) is 0 Å². The van der Waals surface area contributed by atoms with Crippen LogP contribution in [0.25, 0.3) is 0 Å². The minimum absolute atomic E-state index is 0.157. The third-order valence-corrected chi connectivity index (χ3v) is 5.17. The van der Waals surface area contributed by atoms with Crippen molar-refractivity contribution in [1.29, 1.82) is 0 Å².